The molecule has 2 rings (SSSR count). The Morgan fingerprint density at radius 3 is 2.52 bits per heavy atom. The van der Waals surface area contributed by atoms with Gasteiger partial charge in [-0.15, -0.1) is 0 Å². The Bertz CT molecular complexity index is 566. The molecular weight excluding hydrogens is 353 g/mol. The van der Waals surface area contributed by atoms with E-state index >= 15 is 0 Å². The normalized spacial score (nSPS) is 12.4. The van der Waals surface area contributed by atoms with Gasteiger partial charge in [0.1, 0.15) is 5.82 Å². The first kappa shape index (κ1) is 16.5. The molecule has 0 aliphatic rings. The van der Waals surface area contributed by atoms with E-state index in [2.05, 4.69) is 28.2 Å². The second-order valence-corrected chi connectivity index (χ2v) is 6.29. The summed E-state index contributed by atoms with van der Waals surface area (Å²) in [6.07, 6.45) is 1.56. The van der Waals surface area contributed by atoms with Gasteiger partial charge in [0.2, 0.25) is 0 Å². The average Bonchev–Trinajstić information content (AvgIpc) is 2.47. The van der Waals surface area contributed by atoms with Gasteiger partial charge in [-0.2, -0.15) is 0 Å². The van der Waals surface area contributed by atoms with Crippen LogP contribution in [0.5, 0.6) is 0 Å². The van der Waals surface area contributed by atoms with Gasteiger partial charge in [0.15, 0.2) is 0 Å². The highest BCUT2D eigenvalue weighted by Crippen LogP contribution is 2.26. The number of benzene rings is 2. The van der Waals surface area contributed by atoms with Gasteiger partial charge < -0.3 is 5.32 Å². The van der Waals surface area contributed by atoms with Gasteiger partial charge in [0.25, 0.3) is 0 Å². The van der Waals surface area contributed by atoms with Crippen LogP contribution in [-0.2, 0) is 6.42 Å². The second-order valence-electron chi connectivity index (χ2n) is 4.96. The molecule has 0 spiro atoms. The molecule has 1 N–H and O–H groups in total. The Hall–Kier alpha value is -0.900. The summed E-state index contributed by atoms with van der Waals surface area (Å²) >= 11 is 9.58. The van der Waals surface area contributed by atoms with Crippen LogP contribution >= 0.6 is 27.5 Å². The topological polar surface area (TPSA) is 12.0 Å². The highest BCUT2D eigenvalue weighted by atomic mass is 79.9. The zero-order valence-corrected chi connectivity index (χ0v) is 14.2. The van der Waals surface area contributed by atoms with Gasteiger partial charge in [-0.1, -0.05) is 52.7 Å². The number of halogens is 3. The van der Waals surface area contributed by atoms with E-state index < -0.39 is 0 Å². The van der Waals surface area contributed by atoms with Crippen molar-refractivity contribution in [2.45, 2.75) is 25.8 Å². The lowest BCUT2D eigenvalue weighted by Crippen LogP contribution is -2.24. The van der Waals surface area contributed by atoms with Gasteiger partial charge in [-0.05, 0) is 49.2 Å². The summed E-state index contributed by atoms with van der Waals surface area (Å²) in [6.45, 7) is 2.99. The molecule has 1 unspecified atom stereocenters. The molecule has 0 aliphatic carbocycles. The fourth-order valence-electron chi connectivity index (χ4n) is 2.25. The summed E-state index contributed by atoms with van der Waals surface area (Å²) in [4.78, 5) is 0. The molecule has 0 saturated carbocycles. The van der Waals surface area contributed by atoms with Crippen molar-refractivity contribution in [2.24, 2.45) is 0 Å². The molecule has 0 aliphatic heterocycles. The van der Waals surface area contributed by atoms with E-state index in [9.17, 15) is 4.39 Å². The molecule has 112 valence electrons. The van der Waals surface area contributed by atoms with Crippen molar-refractivity contribution in [3.8, 4) is 0 Å². The Kier molecular flexibility index (Phi) is 6.22. The third-order valence-electron chi connectivity index (χ3n) is 3.38. The Morgan fingerprint density at radius 2 is 1.90 bits per heavy atom. The van der Waals surface area contributed by atoms with Gasteiger partial charge in [0.05, 0.1) is 0 Å². The van der Waals surface area contributed by atoms with E-state index in [4.69, 9.17) is 11.6 Å². The predicted molar refractivity (Wildman–Crippen MR) is 90.3 cm³/mol. The minimum Gasteiger partial charge on any atom is -0.310 e. The third-order valence-corrected chi connectivity index (χ3v) is 4.27. The molecule has 0 saturated heterocycles. The van der Waals surface area contributed by atoms with Gasteiger partial charge in [0, 0.05) is 21.1 Å². The molecule has 0 amide bonds. The van der Waals surface area contributed by atoms with Gasteiger partial charge in [-0.3, -0.25) is 0 Å². The smallest absolute Gasteiger partial charge is 0.127 e. The minimum atomic E-state index is -0.247. The van der Waals surface area contributed by atoms with Crippen molar-refractivity contribution in [2.75, 3.05) is 6.54 Å². The van der Waals surface area contributed by atoms with Crippen LogP contribution in [0.4, 0.5) is 4.39 Å². The average molecular weight is 371 g/mol. The van der Waals surface area contributed by atoms with E-state index in [0.717, 1.165) is 23.0 Å². The summed E-state index contributed by atoms with van der Waals surface area (Å²) in [7, 11) is 0. The molecule has 2 aromatic carbocycles. The summed E-state index contributed by atoms with van der Waals surface area (Å²) in [5.41, 5.74) is 1.70. The highest BCUT2D eigenvalue weighted by Gasteiger charge is 2.16. The number of hydrogen-bond acceptors (Lipinski definition) is 1. The molecular formula is C17H18BrClFN. The standard InChI is InChI=1S/C17H18BrClFN/c1-2-10-21-17(12-6-8-13(18)9-7-12)11-14-15(19)4-3-5-16(14)20/h3-9,17,21H,2,10-11H2,1H3. The van der Waals surface area contributed by atoms with Crippen molar-refractivity contribution < 1.29 is 4.39 Å². The summed E-state index contributed by atoms with van der Waals surface area (Å²) in [5, 5.41) is 3.95. The van der Waals surface area contributed by atoms with Crippen LogP contribution in [0.3, 0.4) is 0 Å². The Morgan fingerprint density at radius 1 is 1.19 bits per heavy atom. The van der Waals surface area contributed by atoms with Crippen molar-refractivity contribution in [1.29, 1.82) is 0 Å². The summed E-state index contributed by atoms with van der Waals surface area (Å²) < 4.78 is 15.0. The van der Waals surface area contributed by atoms with Gasteiger partial charge in [-0.25, -0.2) is 4.39 Å². The first-order chi connectivity index (χ1) is 10.1. The van der Waals surface area contributed by atoms with Crippen LogP contribution in [0.15, 0.2) is 46.9 Å². The third kappa shape index (κ3) is 4.53. The summed E-state index contributed by atoms with van der Waals surface area (Å²) in [6, 6.07) is 13.0. The van der Waals surface area contributed by atoms with Crippen molar-refractivity contribution >= 4 is 27.5 Å². The Labute approximate surface area is 138 Å². The SMILES string of the molecule is CCCNC(Cc1c(F)cccc1Cl)c1ccc(Br)cc1. The molecule has 0 bridgehead atoms. The van der Waals surface area contributed by atoms with Crippen molar-refractivity contribution in [1.82, 2.24) is 5.32 Å². The van der Waals surface area contributed by atoms with Crippen LogP contribution in [0, 0.1) is 5.82 Å². The fraction of sp³-hybridized carbons (Fsp3) is 0.294. The lowest BCUT2D eigenvalue weighted by molar-refractivity contribution is 0.513. The zero-order chi connectivity index (χ0) is 15.2. The van der Waals surface area contributed by atoms with Crippen LogP contribution in [0.2, 0.25) is 5.02 Å². The maximum absolute atomic E-state index is 14.0. The fourth-order valence-corrected chi connectivity index (χ4v) is 2.76. The largest absolute Gasteiger partial charge is 0.310 e. The van der Waals surface area contributed by atoms with E-state index in [1.165, 1.54) is 6.07 Å². The zero-order valence-electron chi connectivity index (χ0n) is 11.9. The van der Waals surface area contributed by atoms with Crippen LogP contribution in [-0.4, -0.2) is 6.54 Å². The molecule has 2 aromatic rings. The number of rotatable bonds is 6. The van der Waals surface area contributed by atoms with Crippen molar-refractivity contribution in [3.63, 3.8) is 0 Å². The van der Waals surface area contributed by atoms with Crippen molar-refractivity contribution in [3.05, 3.63) is 68.9 Å². The van der Waals surface area contributed by atoms with Crippen LogP contribution < -0.4 is 5.32 Å². The number of nitrogens with one attached hydrogen (secondary N) is 1. The quantitative estimate of drug-likeness (QED) is 0.705. The van der Waals surface area contributed by atoms with E-state index in [-0.39, 0.29) is 11.9 Å². The maximum atomic E-state index is 14.0. The second kappa shape index (κ2) is 7.92. The molecule has 1 nitrogen and oxygen atoms in total. The minimum absolute atomic E-state index is 0.0486. The molecule has 0 fully saturated rings. The molecule has 0 aromatic heterocycles. The van der Waals surface area contributed by atoms with E-state index in [0.29, 0.717) is 17.0 Å². The lowest BCUT2D eigenvalue weighted by Gasteiger charge is -2.20. The Balaban J connectivity index is 2.26. The number of hydrogen-bond donors (Lipinski definition) is 1. The van der Waals surface area contributed by atoms with E-state index in [1.807, 2.05) is 24.3 Å². The monoisotopic (exact) mass is 369 g/mol. The van der Waals surface area contributed by atoms with Gasteiger partial charge >= 0.3 is 0 Å². The molecule has 21 heavy (non-hydrogen) atoms. The molecule has 4 heteroatoms. The highest BCUT2D eigenvalue weighted by molar-refractivity contribution is 9.10. The van der Waals surface area contributed by atoms with Crippen LogP contribution in [0.25, 0.3) is 0 Å². The first-order valence-corrected chi connectivity index (χ1v) is 8.20. The maximum Gasteiger partial charge on any atom is 0.127 e. The molecule has 0 heterocycles. The molecule has 0 radical (unpaired) electrons. The first-order valence-electron chi connectivity index (χ1n) is 7.03. The lowest BCUT2D eigenvalue weighted by atomic mass is 9.98. The van der Waals surface area contributed by atoms with E-state index in [1.54, 1.807) is 12.1 Å². The van der Waals surface area contributed by atoms with Crippen LogP contribution in [0.1, 0.15) is 30.5 Å². The predicted octanol–water partition coefficient (Wildman–Crippen LogP) is 5.53. The molecule has 1 atom stereocenters. The summed E-state index contributed by atoms with van der Waals surface area (Å²) in [5.74, 6) is -0.247.